The van der Waals surface area contributed by atoms with Gasteiger partial charge in [0.15, 0.2) is 0 Å². The summed E-state index contributed by atoms with van der Waals surface area (Å²) >= 11 is 0. The molecule has 1 rings (SSSR count). The van der Waals surface area contributed by atoms with Gasteiger partial charge < -0.3 is 15.9 Å². The minimum atomic E-state index is -0.807. The van der Waals surface area contributed by atoms with Crippen molar-refractivity contribution < 1.29 is 15.0 Å². The molecular formula is C14H21NO3. The number of carboxylic acids is 1. The van der Waals surface area contributed by atoms with Gasteiger partial charge in [0.2, 0.25) is 0 Å². The molecular weight excluding hydrogens is 230 g/mol. The Morgan fingerprint density at radius 1 is 1.33 bits per heavy atom. The first-order valence-corrected chi connectivity index (χ1v) is 5.99. The molecule has 1 unspecified atom stereocenters. The van der Waals surface area contributed by atoms with Crippen molar-refractivity contribution >= 4 is 5.97 Å². The molecule has 1 atom stereocenters. The maximum Gasteiger partial charge on any atom is 0.307 e. The Morgan fingerprint density at radius 2 is 1.94 bits per heavy atom. The summed E-state index contributed by atoms with van der Waals surface area (Å²) in [7, 11) is 0. The summed E-state index contributed by atoms with van der Waals surface area (Å²) in [5.41, 5.74) is 6.98. The van der Waals surface area contributed by atoms with Crippen LogP contribution in [-0.4, -0.2) is 16.2 Å². The number of rotatable bonds is 4. The highest BCUT2D eigenvalue weighted by Crippen LogP contribution is 2.31. The standard InChI is InChI=1S/C14H21NO3/c1-14(2,3)12(13(17)18)7-9-4-5-11(16)6-10(9)8-15/h4-6,12,16H,7-8,15H2,1-3H3,(H,17,18). The summed E-state index contributed by atoms with van der Waals surface area (Å²) in [5, 5.41) is 18.7. The first-order valence-electron chi connectivity index (χ1n) is 5.99. The topological polar surface area (TPSA) is 83.5 Å². The lowest BCUT2D eigenvalue weighted by molar-refractivity contribution is -0.145. The normalized spacial score (nSPS) is 13.3. The van der Waals surface area contributed by atoms with Crippen LogP contribution >= 0.6 is 0 Å². The quantitative estimate of drug-likeness (QED) is 0.765. The van der Waals surface area contributed by atoms with Crippen molar-refractivity contribution in [2.75, 3.05) is 0 Å². The molecule has 1 aromatic rings. The third-order valence-corrected chi connectivity index (χ3v) is 3.18. The maximum absolute atomic E-state index is 11.3. The third-order valence-electron chi connectivity index (χ3n) is 3.18. The molecule has 0 aliphatic rings. The maximum atomic E-state index is 11.3. The zero-order chi connectivity index (χ0) is 13.9. The van der Waals surface area contributed by atoms with Crippen molar-refractivity contribution in [2.45, 2.75) is 33.7 Å². The summed E-state index contributed by atoms with van der Waals surface area (Å²) in [6.07, 6.45) is 0.422. The van der Waals surface area contributed by atoms with Crippen LogP contribution in [0.25, 0.3) is 0 Å². The first kappa shape index (κ1) is 14.5. The molecule has 0 saturated heterocycles. The highest BCUT2D eigenvalue weighted by molar-refractivity contribution is 5.71. The molecule has 4 heteroatoms. The van der Waals surface area contributed by atoms with Crippen LogP contribution in [0, 0.1) is 11.3 Å². The number of aliphatic carboxylic acids is 1. The lowest BCUT2D eigenvalue weighted by atomic mass is 9.76. The van der Waals surface area contributed by atoms with Crippen molar-refractivity contribution in [3.63, 3.8) is 0 Å². The largest absolute Gasteiger partial charge is 0.508 e. The van der Waals surface area contributed by atoms with Gasteiger partial charge in [-0.15, -0.1) is 0 Å². The molecule has 0 amide bonds. The van der Waals surface area contributed by atoms with Crippen LogP contribution in [0.4, 0.5) is 0 Å². The number of phenols is 1. The lowest BCUT2D eigenvalue weighted by Crippen LogP contribution is -2.30. The number of carboxylic acid groups (broad SMARTS) is 1. The average molecular weight is 251 g/mol. The van der Waals surface area contributed by atoms with Crippen LogP contribution < -0.4 is 5.73 Å². The predicted octanol–water partition coefficient (Wildman–Crippen LogP) is 2.14. The monoisotopic (exact) mass is 251 g/mol. The van der Waals surface area contributed by atoms with Gasteiger partial charge in [0.05, 0.1) is 5.92 Å². The van der Waals surface area contributed by atoms with Crippen molar-refractivity contribution in [2.24, 2.45) is 17.1 Å². The van der Waals surface area contributed by atoms with Crippen LogP contribution in [0.3, 0.4) is 0 Å². The summed E-state index contributed by atoms with van der Waals surface area (Å²) in [4.78, 5) is 11.3. The van der Waals surface area contributed by atoms with E-state index in [0.717, 1.165) is 11.1 Å². The van der Waals surface area contributed by atoms with Gasteiger partial charge in [0.1, 0.15) is 5.75 Å². The van der Waals surface area contributed by atoms with Gasteiger partial charge in [-0.2, -0.15) is 0 Å². The molecule has 0 heterocycles. The predicted molar refractivity (Wildman–Crippen MR) is 70.3 cm³/mol. The Bertz CT molecular complexity index is 435. The van der Waals surface area contributed by atoms with Crippen molar-refractivity contribution in [3.05, 3.63) is 29.3 Å². The Kier molecular flexibility index (Phi) is 4.35. The van der Waals surface area contributed by atoms with Crippen molar-refractivity contribution in [1.29, 1.82) is 0 Å². The molecule has 0 saturated carbocycles. The van der Waals surface area contributed by atoms with E-state index in [1.165, 1.54) is 0 Å². The van der Waals surface area contributed by atoms with E-state index in [0.29, 0.717) is 13.0 Å². The first-order chi connectivity index (χ1) is 8.25. The number of carbonyl (C=O) groups is 1. The molecule has 4 nitrogen and oxygen atoms in total. The average Bonchev–Trinajstić information content (AvgIpc) is 2.24. The Labute approximate surface area is 107 Å². The van der Waals surface area contributed by atoms with E-state index in [9.17, 15) is 15.0 Å². The van der Waals surface area contributed by atoms with Crippen molar-refractivity contribution in [1.82, 2.24) is 0 Å². The van der Waals surface area contributed by atoms with Gasteiger partial charge in [-0.05, 0) is 35.1 Å². The zero-order valence-electron chi connectivity index (χ0n) is 11.1. The van der Waals surface area contributed by atoms with Gasteiger partial charge >= 0.3 is 5.97 Å². The molecule has 0 fully saturated rings. The Balaban J connectivity index is 3.05. The zero-order valence-corrected chi connectivity index (χ0v) is 11.1. The summed E-state index contributed by atoms with van der Waals surface area (Å²) < 4.78 is 0. The van der Waals surface area contributed by atoms with E-state index in [2.05, 4.69) is 0 Å². The van der Waals surface area contributed by atoms with E-state index >= 15 is 0 Å². The number of hydrogen-bond donors (Lipinski definition) is 3. The van der Waals surface area contributed by atoms with Crippen LogP contribution in [0.5, 0.6) is 5.75 Å². The second kappa shape index (κ2) is 5.40. The van der Waals surface area contributed by atoms with E-state index in [1.54, 1.807) is 18.2 Å². The van der Waals surface area contributed by atoms with Gasteiger partial charge in [0.25, 0.3) is 0 Å². The molecule has 1 aromatic carbocycles. The number of aromatic hydroxyl groups is 1. The summed E-state index contributed by atoms with van der Waals surface area (Å²) in [6, 6.07) is 4.91. The number of phenolic OH excluding ortho intramolecular Hbond substituents is 1. The van der Waals surface area contributed by atoms with Crippen LogP contribution in [0.15, 0.2) is 18.2 Å². The van der Waals surface area contributed by atoms with Gasteiger partial charge in [-0.3, -0.25) is 4.79 Å². The van der Waals surface area contributed by atoms with E-state index in [4.69, 9.17) is 5.73 Å². The SMILES string of the molecule is CC(C)(C)C(Cc1ccc(O)cc1CN)C(=O)O. The van der Waals surface area contributed by atoms with Crippen LogP contribution in [0.1, 0.15) is 31.9 Å². The minimum Gasteiger partial charge on any atom is -0.508 e. The van der Waals surface area contributed by atoms with E-state index in [-0.39, 0.29) is 11.2 Å². The van der Waals surface area contributed by atoms with Gasteiger partial charge in [-0.25, -0.2) is 0 Å². The van der Waals surface area contributed by atoms with E-state index in [1.807, 2.05) is 20.8 Å². The fraction of sp³-hybridized carbons (Fsp3) is 0.500. The summed E-state index contributed by atoms with van der Waals surface area (Å²) in [6.45, 7) is 6.02. The number of benzene rings is 1. The highest BCUT2D eigenvalue weighted by atomic mass is 16.4. The molecule has 18 heavy (non-hydrogen) atoms. The van der Waals surface area contributed by atoms with Crippen LogP contribution in [0.2, 0.25) is 0 Å². The third kappa shape index (κ3) is 3.47. The van der Waals surface area contributed by atoms with E-state index < -0.39 is 11.9 Å². The molecule has 0 bridgehead atoms. The lowest BCUT2D eigenvalue weighted by Gasteiger charge is -2.27. The van der Waals surface area contributed by atoms with Crippen LogP contribution in [-0.2, 0) is 17.8 Å². The van der Waals surface area contributed by atoms with Crippen molar-refractivity contribution in [3.8, 4) is 5.75 Å². The molecule has 0 radical (unpaired) electrons. The molecule has 0 aromatic heterocycles. The number of hydrogen-bond acceptors (Lipinski definition) is 3. The minimum absolute atomic E-state index is 0.154. The fourth-order valence-electron chi connectivity index (χ4n) is 1.99. The van der Waals surface area contributed by atoms with Gasteiger partial charge in [0, 0.05) is 6.54 Å². The smallest absolute Gasteiger partial charge is 0.307 e. The molecule has 100 valence electrons. The molecule has 4 N–H and O–H groups in total. The molecule has 0 spiro atoms. The van der Waals surface area contributed by atoms with Gasteiger partial charge in [-0.1, -0.05) is 26.8 Å². The second-order valence-electron chi connectivity index (χ2n) is 5.62. The summed E-state index contributed by atoms with van der Waals surface area (Å²) in [5.74, 6) is -1.13. The Morgan fingerprint density at radius 3 is 2.39 bits per heavy atom. The Hall–Kier alpha value is -1.55. The second-order valence-corrected chi connectivity index (χ2v) is 5.62. The fourth-order valence-corrected chi connectivity index (χ4v) is 1.99. The number of nitrogens with two attached hydrogens (primary N) is 1. The molecule has 0 aliphatic carbocycles. The highest BCUT2D eigenvalue weighted by Gasteiger charge is 2.31. The molecule has 0 aliphatic heterocycles.